The van der Waals surface area contributed by atoms with Gasteiger partial charge in [0, 0.05) is 33.5 Å². The standard InChI is InChI=1S/C54H45BN2O2/c1-53(2)54(3,4)59-55(58-53)44-20-14-19-42(35-44)43-27-33-51-49(36-43)50-37-48(32-34-52(50)57(51)45-21-12-7-13-22-45)56(46-28-23-40(24-29-46)38-15-8-5-9-16-38)47-30-25-41(26-31-47)39-17-10-6-11-18-39/h5-37H,1-4H3. The van der Waals surface area contributed by atoms with Crippen molar-refractivity contribution in [2.45, 2.75) is 38.9 Å². The van der Waals surface area contributed by atoms with Gasteiger partial charge in [0.2, 0.25) is 0 Å². The molecular formula is C54H45BN2O2. The molecule has 1 saturated heterocycles. The van der Waals surface area contributed by atoms with Gasteiger partial charge in [0.25, 0.3) is 0 Å². The van der Waals surface area contributed by atoms with E-state index < -0.39 is 18.3 Å². The SMILES string of the molecule is CC1(C)OB(c2cccc(-c3ccc4c(c3)c3cc(N(c5ccc(-c6ccccc6)cc5)c5ccc(-c6ccccc6)cc5)ccc3n4-c3ccccc3)c2)OC1(C)C. The Kier molecular flexibility index (Phi) is 9.09. The van der Waals surface area contributed by atoms with Crippen LogP contribution in [0.2, 0.25) is 0 Å². The van der Waals surface area contributed by atoms with Gasteiger partial charge < -0.3 is 18.8 Å². The summed E-state index contributed by atoms with van der Waals surface area (Å²) in [5.74, 6) is 0. The van der Waals surface area contributed by atoms with Crippen molar-refractivity contribution in [1.29, 1.82) is 0 Å². The summed E-state index contributed by atoms with van der Waals surface area (Å²) in [6.45, 7) is 8.40. The number of anilines is 3. The Balaban J connectivity index is 1.12. The minimum Gasteiger partial charge on any atom is -0.399 e. The van der Waals surface area contributed by atoms with Crippen molar-refractivity contribution in [1.82, 2.24) is 4.57 Å². The molecule has 1 aliphatic rings. The van der Waals surface area contributed by atoms with Gasteiger partial charge in [-0.05, 0) is 133 Å². The molecule has 0 N–H and O–H groups in total. The van der Waals surface area contributed by atoms with Crippen LogP contribution in [0.4, 0.5) is 17.1 Å². The number of fused-ring (bicyclic) bond motifs is 3. The first-order chi connectivity index (χ1) is 28.7. The zero-order chi connectivity index (χ0) is 40.1. The Hall–Kier alpha value is -6.66. The Morgan fingerprint density at radius 1 is 0.390 bits per heavy atom. The summed E-state index contributed by atoms with van der Waals surface area (Å²) >= 11 is 0. The molecule has 0 atom stereocenters. The third-order valence-corrected chi connectivity index (χ3v) is 12.2. The van der Waals surface area contributed by atoms with Gasteiger partial charge in [-0.25, -0.2) is 0 Å². The molecule has 0 radical (unpaired) electrons. The van der Waals surface area contributed by atoms with Crippen molar-refractivity contribution in [2.24, 2.45) is 0 Å². The van der Waals surface area contributed by atoms with Crippen LogP contribution in [0.15, 0.2) is 200 Å². The molecule has 9 aromatic rings. The highest BCUT2D eigenvalue weighted by Gasteiger charge is 2.51. The van der Waals surface area contributed by atoms with Gasteiger partial charge in [0.1, 0.15) is 0 Å². The lowest BCUT2D eigenvalue weighted by Crippen LogP contribution is -2.41. The molecule has 1 aromatic heterocycles. The van der Waals surface area contributed by atoms with Crippen molar-refractivity contribution in [2.75, 3.05) is 4.90 Å². The van der Waals surface area contributed by atoms with E-state index in [9.17, 15) is 0 Å². The van der Waals surface area contributed by atoms with Gasteiger partial charge >= 0.3 is 7.12 Å². The molecule has 0 aliphatic carbocycles. The Morgan fingerprint density at radius 3 is 1.37 bits per heavy atom. The highest BCUT2D eigenvalue weighted by atomic mass is 16.7. The number of nitrogens with zero attached hydrogens (tertiary/aromatic N) is 2. The van der Waals surface area contributed by atoms with Crippen molar-refractivity contribution in [3.05, 3.63) is 200 Å². The van der Waals surface area contributed by atoms with Crippen molar-refractivity contribution < 1.29 is 9.31 Å². The summed E-state index contributed by atoms with van der Waals surface area (Å²) in [4.78, 5) is 2.37. The summed E-state index contributed by atoms with van der Waals surface area (Å²) in [6.07, 6.45) is 0. The maximum atomic E-state index is 6.46. The Morgan fingerprint density at radius 2 is 0.814 bits per heavy atom. The molecule has 0 amide bonds. The fourth-order valence-electron chi connectivity index (χ4n) is 8.34. The second kappa shape index (κ2) is 14.6. The van der Waals surface area contributed by atoms with E-state index in [0.717, 1.165) is 50.4 Å². The van der Waals surface area contributed by atoms with Crippen LogP contribution in [0.25, 0.3) is 60.9 Å². The fraction of sp³-hybridized carbons (Fsp3) is 0.111. The molecule has 8 aromatic carbocycles. The molecule has 0 saturated carbocycles. The van der Waals surface area contributed by atoms with E-state index in [1.165, 1.54) is 33.0 Å². The van der Waals surface area contributed by atoms with Gasteiger partial charge in [0.05, 0.1) is 22.2 Å². The lowest BCUT2D eigenvalue weighted by molar-refractivity contribution is 0.00578. The summed E-state index contributed by atoms with van der Waals surface area (Å²) < 4.78 is 15.3. The van der Waals surface area contributed by atoms with Gasteiger partial charge in [-0.15, -0.1) is 0 Å². The normalized spacial score (nSPS) is 14.5. The smallest absolute Gasteiger partial charge is 0.399 e. The van der Waals surface area contributed by atoms with Crippen LogP contribution in [-0.2, 0) is 9.31 Å². The number of benzene rings is 8. The van der Waals surface area contributed by atoms with Crippen molar-refractivity contribution in [3.63, 3.8) is 0 Å². The molecule has 5 heteroatoms. The van der Waals surface area contributed by atoms with E-state index in [2.05, 4.69) is 237 Å². The third-order valence-electron chi connectivity index (χ3n) is 12.2. The fourth-order valence-corrected chi connectivity index (χ4v) is 8.34. The number of para-hydroxylation sites is 1. The summed E-state index contributed by atoms with van der Waals surface area (Å²) in [5, 5.41) is 2.36. The van der Waals surface area contributed by atoms with Gasteiger partial charge in [-0.1, -0.05) is 133 Å². The van der Waals surface area contributed by atoms with Crippen molar-refractivity contribution in [3.8, 4) is 39.1 Å². The largest absolute Gasteiger partial charge is 0.494 e. The first-order valence-electron chi connectivity index (χ1n) is 20.4. The first-order valence-corrected chi connectivity index (χ1v) is 20.4. The molecule has 286 valence electrons. The molecule has 0 spiro atoms. The summed E-state index contributed by atoms with van der Waals surface area (Å²) in [5.41, 5.74) is 13.9. The lowest BCUT2D eigenvalue weighted by Gasteiger charge is -2.32. The van der Waals surface area contributed by atoms with E-state index >= 15 is 0 Å². The highest BCUT2D eigenvalue weighted by Crippen LogP contribution is 2.42. The summed E-state index contributed by atoms with van der Waals surface area (Å²) in [6, 6.07) is 71.9. The Labute approximate surface area is 347 Å². The molecule has 2 heterocycles. The molecule has 1 fully saturated rings. The monoisotopic (exact) mass is 764 g/mol. The topological polar surface area (TPSA) is 26.6 Å². The van der Waals surface area contributed by atoms with Crippen LogP contribution in [0.3, 0.4) is 0 Å². The van der Waals surface area contributed by atoms with Crippen molar-refractivity contribution >= 4 is 51.4 Å². The molecule has 0 bridgehead atoms. The molecule has 0 unspecified atom stereocenters. The zero-order valence-electron chi connectivity index (χ0n) is 33.8. The second-order valence-electron chi connectivity index (χ2n) is 16.5. The average molecular weight is 765 g/mol. The predicted molar refractivity (Wildman–Crippen MR) is 247 cm³/mol. The highest BCUT2D eigenvalue weighted by molar-refractivity contribution is 6.62. The van der Waals surface area contributed by atoms with Crippen LogP contribution < -0.4 is 10.4 Å². The quantitative estimate of drug-likeness (QED) is 0.144. The van der Waals surface area contributed by atoms with E-state index in [1.807, 2.05) is 0 Å². The number of hydrogen-bond donors (Lipinski definition) is 0. The molecular weight excluding hydrogens is 719 g/mol. The maximum Gasteiger partial charge on any atom is 0.494 e. The first kappa shape index (κ1) is 36.7. The molecule has 1 aliphatic heterocycles. The number of hydrogen-bond acceptors (Lipinski definition) is 3. The third kappa shape index (κ3) is 6.73. The lowest BCUT2D eigenvalue weighted by atomic mass is 9.78. The van der Waals surface area contributed by atoms with Crippen LogP contribution in [0, 0.1) is 0 Å². The van der Waals surface area contributed by atoms with Crippen LogP contribution in [0.5, 0.6) is 0 Å². The zero-order valence-corrected chi connectivity index (χ0v) is 33.8. The number of rotatable bonds is 8. The number of aromatic nitrogens is 1. The van der Waals surface area contributed by atoms with E-state index in [4.69, 9.17) is 9.31 Å². The van der Waals surface area contributed by atoms with E-state index in [0.29, 0.717) is 0 Å². The maximum absolute atomic E-state index is 6.46. The minimum atomic E-state index is -0.430. The van der Waals surface area contributed by atoms with Gasteiger partial charge in [0.15, 0.2) is 0 Å². The molecule has 59 heavy (non-hydrogen) atoms. The average Bonchev–Trinajstić information content (AvgIpc) is 3.72. The Bertz CT molecular complexity index is 2820. The van der Waals surface area contributed by atoms with Gasteiger partial charge in [-0.3, -0.25) is 0 Å². The van der Waals surface area contributed by atoms with E-state index in [1.54, 1.807) is 0 Å². The second-order valence-corrected chi connectivity index (χ2v) is 16.5. The van der Waals surface area contributed by atoms with Crippen LogP contribution in [0.1, 0.15) is 27.7 Å². The van der Waals surface area contributed by atoms with Crippen LogP contribution >= 0.6 is 0 Å². The van der Waals surface area contributed by atoms with Crippen LogP contribution in [-0.4, -0.2) is 22.9 Å². The van der Waals surface area contributed by atoms with Gasteiger partial charge in [-0.2, -0.15) is 0 Å². The summed E-state index contributed by atoms with van der Waals surface area (Å²) in [7, 11) is -0.430. The molecule has 4 nitrogen and oxygen atoms in total. The predicted octanol–water partition coefficient (Wildman–Crippen LogP) is 13.6. The minimum absolute atomic E-state index is 0.411. The molecule has 10 rings (SSSR count). The van der Waals surface area contributed by atoms with E-state index in [-0.39, 0.29) is 0 Å².